The number of hydrogen-bond acceptors (Lipinski definition) is 7. The van der Waals surface area contributed by atoms with Crippen LogP contribution in [0, 0.1) is 25.2 Å². The Morgan fingerprint density at radius 3 is 2.67 bits per heavy atom. The van der Waals surface area contributed by atoms with E-state index >= 15 is 0 Å². The summed E-state index contributed by atoms with van der Waals surface area (Å²) in [4.78, 5) is 29.3. The number of hydrogen-bond donors (Lipinski definition) is 1. The zero-order chi connectivity index (χ0) is 23.4. The normalized spacial score (nSPS) is 10.6. The van der Waals surface area contributed by atoms with Gasteiger partial charge in [-0.3, -0.25) is 14.2 Å². The molecular formula is C24H20N4O3S2. The van der Waals surface area contributed by atoms with Crippen molar-refractivity contribution >= 4 is 40.4 Å². The lowest BCUT2D eigenvalue weighted by atomic mass is 10.2. The predicted molar refractivity (Wildman–Crippen MR) is 129 cm³/mol. The minimum absolute atomic E-state index is 0.0179. The molecule has 7 nitrogen and oxygen atoms in total. The molecule has 1 aromatic carbocycles. The van der Waals surface area contributed by atoms with Gasteiger partial charge < -0.3 is 10.1 Å². The van der Waals surface area contributed by atoms with Crippen molar-refractivity contribution in [2.24, 2.45) is 0 Å². The Labute approximate surface area is 198 Å². The molecule has 1 amide bonds. The summed E-state index contributed by atoms with van der Waals surface area (Å²) in [5, 5.41) is 19.0. The largest absolute Gasteiger partial charge is 0.455 e. The van der Waals surface area contributed by atoms with Gasteiger partial charge in [0.1, 0.15) is 16.9 Å². The second-order valence-corrected chi connectivity index (χ2v) is 8.90. The van der Waals surface area contributed by atoms with E-state index in [1.54, 1.807) is 11.3 Å². The summed E-state index contributed by atoms with van der Waals surface area (Å²) >= 11 is 3.04. The van der Waals surface area contributed by atoms with Gasteiger partial charge in [0.15, 0.2) is 6.61 Å². The average Bonchev–Trinajstić information content (AvgIpc) is 3.54. The fourth-order valence-electron chi connectivity index (χ4n) is 3.38. The third-order valence-electron chi connectivity index (χ3n) is 5.11. The van der Waals surface area contributed by atoms with E-state index in [-0.39, 0.29) is 6.42 Å². The van der Waals surface area contributed by atoms with Crippen molar-refractivity contribution in [2.75, 3.05) is 11.9 Å². The van der Waals surface area contributed by atoms with Crippen LogP contribution in [0.4, 0.5) is 5.82 Å². The third-order valence-corrected chi connectivity index (χ3v) is 6.73. The number of amides is 1. The number of thiazole rings is 1. The fraction of sp³-hybridized carbons (Fsp3) is 0.167. The van der Waals surface area contributed by atoms with Crippen molar-refractivity contribution in [3.63, 3.8) is 0 Å². The number of nitrogens with zero attached hydrogens (tertiary/aromatic N) is 3. The first-order valence-electron chi connectivity index (χ1n) is 10.1. The van der Waals surface area contributed by atoms with Crippen LogP contribution in [0.15, 0.2) is 52.5 Å². The second-order valence-electron chi connectivity index (χ2n) is 7.26. The molecule has 0 aliphatic heterocycles. The lowest BCUT2D eigenvalue weighted by Gasteiger charge is -2.13. The quantitative estimate of drug-likeness (QED) is 0.384. The molecule has 0 saturated heterocycles. The smallest absolute Gasteiger partial charge is 0.312 e. The molecule has 4 aromatic rings. The van der Waals surface area contributed by atoms with E-state index in [0.717, 1.165) is 27.5 Å². The Kier molecular flexibility index (Phi) is 6.68. The van der Waals surface area contributed by atoms with Crippen LogP contribution in [0.3, 0.4) is 0 Å². The van der Waals surface area contributed by atoms with Crippen LogP contribution in [0.5, 0.6) is 0 Å². The molecule has 3 heterocycles. The molecule has 1 N–H and O–H groups in total. The van der Waals surface area contributed by atoms with E-state index in [4.69, 9.17) is 4.74 Å². The molecule has 166 valence electrons. The third kappa shape index (κ3) is 4.87. The molecule has 3 aromatic heterocycles. The van der Waals surface area contributed by atoms with Crippen molar-refractivity contribution < 1.29 is 14.3 Å². The number of ether oxygens (including phenoxy) is 1. The molecule has 0 saturated carbocycles. The van der Waals surface area contributed by atoms with Gasteiger partial charge in [-0.05, 0) is 43.0 Å². The van der Waals surface area contributed by atoms with Gasteiger partial charge in [-0.25, -0.2) is 4.98 Å². The number of carbonyl (C=O) groups excluding carboxylic acids is 2. The van der Waals surface area contributed by atoms with E-state index in [0.29, 0.717) is 17.1 Å². The molecule has 0 aliphatic rings. The van der Waals surface area contributed by atoms with Crippen LogP contribution in [0.25, 0.3) is 16.3 Å². The van der Waals surface area contributed by atoms with Gasteiger partial charge in [0, 0.05) is 27.7 Å². The topological polar surface area (TPSA) is 97.0 Å². The maximum Gasteiger partial charge on any atom is 0.312 e. The van der Waals surface area contributed by atoms with Crippen LogP contribution in [0.1, 0.15) is 22.5 Å². The summed E-state index contributed by atoms with van der Waals surface area (Å²) in [6, 6.07) is 13.6. The predicted octanol–water partition coefficient (Wildman–Crippen LogP) is 4.88. The average molecular weight is 477 g/mol. The zero-order valence-corrected chi connectivity index (χ0v) is 19.6. The first-order chi connectivity index (χ1) is 16.0. The monoisotopic (exact) mass is 476 g/mol. The molecule has 33 heavy (non-hydrogen) atoms. The highest BCUT2D eigenvalue weighted by Gasteiger charge is 2.21. The molecule has 0 unspecified atom stereocenters. The molecular weight excluding hydrogens is 456 g/mol. The lowest BCUT2D eigenvalue weighted by molar-refractivity contribution is -0.146. The number of anilines is 1. The minimum Gasteiger partial charge on any atom is -0.455 e. The number of nitriles is 1. The Hall–Kier alpha value is -3.74. The minimum atomic E-state index is -0.543. The number of thiophene rings is 1. The van der Waals surface area contributed by atoms with Gasteiger partial charge in [-0.15, -0.1) is 11.3 Å². The van der Waals surface area contributed by atoms with Crippen molar-refractivity contribution in [3.05, 3.63) is 75.1 Å². The van der Waals surface area contributed by atoms with Crippen LogP contribution < -0.4 is 5.32 Å². The van der Waals surface area contributed by atoms with Crippen molar-refractivity contribution in [2.45, 2.75) is 20.3 Å². The number of rotatable bonds is 7. The van der Waals surface area contributed by atoms with Crippen LogP contribution >= 0.6 is 22.7 Å². The van der Waals surface area contributed by atoms with Gasteiger partial charge in [0.2, 0.25) is 0 Å². The lowest BCUT2D eigenvalue weighted by Crippen LogP contribution is -2.23. The second kappa shape index (κ2) is 9.81. The van der Waals surface area contributed by atoms with Crippen molar-refractivity contribution in [1.82, 2.24) is 9.55 Å². The molecule has 0 aliphatic carbocycles. The van der Waals surface area contributed by atoms with Crippen LogP contribution in [-0.4, -0.2) is 28.0 Å². The standard InChI is InChI=1S/C24H20N4O3S2/c1-15-16(2)28(19-6-4-3-5-7-19)23(20(15)11-25)27-21(29)12-31-22(30)10-18-14-33-24(26-18)17-8-9-32-13-17/h3-9,13-14H,10,12H2,1-2H3,(H,27,29). The number of para-hydroxylation sites is 1. The van der Waals surface area contributed by atoms with E-state index < -0.39 is 18.5 Å². The maximum atomic E-state index is 12.6. The molecule has 0 fully saturated rings. The molecule has 0 bridgehead atoms. The van der Waals surface area contributed by atoms with Gasteiger partial charge in [-0.2, -0.15) is 16.6 Å². The zero-order valence-electron chi connectivity index (χ0n) is 18.0. The highest BCUT2D eigenvalue weighted by atomic mass is 32.1. The molecule has 4 rings (SSSR count). The van der Waals surface area contributed by atoms with Gasteiger partial charge in [-0.1, -0.05) is 18.2 Å². The van der Waals surface area contributed by atoms with Gasteiger partial charge in [0.05, 0.1) is 17.7 Å². The van der Waals surface area contributed by atoms with Crippen LogP contribution in [0.2, 0.25) is 0 Å². The number of benzene rings is 1. The summed E-state index contributed by atoms with van der Waals surface area (Å²) in [5.74, 6) is -0.704. The van der Waals surface area contributed by atoms with Crippen molar-refractivity contribution in [3.8, 4) is 22.3 Å². The number of esters is 1. The van der Waals surface area contributed by atoms with Gasteiger partial charge in [0.25, 0.3) is 5.91 Å². The first kappa shape index (κ1) is 22.5. The van der Waals surface area contributed by atoms with E-state index in [2.05, 4.69) is 16.4 Å². The summed E-state index contributed by atoms with van der Waals surface area (Å²) in [6.45, 7) is 3.27. The first-order valence-corrected chi connectivity index (χ1v) is 11.9. The summed E-state index contributed by atoms with van der Waals surface area (Å²) < 4.78 is 6.97. The molecule has 0 radical (unpaired) electrons. The Morgan fingerprint density at radius 2 is 1.97 bits per heavy atom. The van der Waals surface area contributed by atoms with E-state index in [1.807, 2.05) is 71.0 Å². The van der Waals surface area contributed by atoms with Crippen LogP contribution in [-0.2, 0) is 20.7 Å². The summed E-state index contributed by atoms with van der Waals surface area (Å²) in [6.07, 6.45) is -0.0179. The SMILES string of the molecule is Cc1c(C#N)c(NC(=O)COC(=O)Cc2csc(-c3ccsc3)n2)n(-c2ccccc2)c1C. The number of nitrogens with one attached hydrogen (secondary N) is 1. The Morgan fingerprint density at radius 1 is 1.18 bits per heavy atom. The van der Waals surface area contributed by atoms with Crippen molar-refractivity contribution in [1.29, 1.82) is 5.26 Å². The molecule has 0 spiro atoms. The highest BCUT2D eigenvalue weighted by Crippen LogP contribution is 2.30. The maximum absolute atomic E-state index is 12.6. The van der Waals surface area contributed by atoms with E-state index in [9.17, 15) is 14.9 Å². The fourth-order valence-corrected chi connectivity index (χ4v) is 4.91. The van der Waals surface area contributed by atoms with Gasteiger partial charge >= 0.3 is 5.97 Å². The Bertz CT molecular complexity index is 1330. The number of carbonyl (C=O) groups is 2. The highest BCUT2D eigenvalue weighted by molar-refractivity contribution is 7.14. The molecule has 0 atom stereocenters. The summed E-state index contributed by atoms with van der Waals surface area (Å²) in [5.41, 5.74) is 4.43. The van der Waals surface area contributed by atoms with E-state index in [1.165, 1.54) is 11.3 Å². The Balaban J connectivity index is 1.42. The number of aromatic nitrogens is 2. The summed E-state index contributed by atoms with van der Waals surface area (Å²) in [7, 11) is 0. The molecule has 9 heteroatoms.